The summed E-state index contributed by atoms with van der Waals surface area (Å²) in [6.07, 6.45) is 0. The Bertz CT molecular complexity index is 450. The number of benzene rings is 1. The molecule has 1 amide bonds. The Labute approximate surface area is 109 Å². The Hall–Kier alpha value is -1.14. The van der Waals surface area contributed by atoms with Crippen molar-refractivity contribution in [3.05, 3.63) is 35.4 Å². The number of carbonyl (C=O) groups is 1. The van der Waals surface area contributed by atoms with Crippen molar-refractivity contribution in [1.82, 2.24) is 10.2 Å². The Morgan fingerprint density at radius 2 is 2.28 bits per heavy atom. The minimum Gasteiger partial charge on any atom is -0.340 e. The lowest BCUT2D eigenvalue weighted by molar-refractivity contribution is -0.131. The number of halogens is 2. The summed E-state index contributed by atoms with van der Waals surface area (Å²) in [5.74, 6) is -0.259. The van der Waals surface area contributed by atoms with Crippen molar-refractivity contribution in [3.8, 4) is 0 Å². The number of hydrogen-bond acceptors (Lipinski definition) is 3. The van der Waals surface area contributed by atoms with Gasteiger partial charge < -0.3 is 4.90 Å². The maximum atomic E-state index is 13.0. The molecule has 1 aliphatic rings. The van der Waals surface area contributed by atoms with Crippen molar-refractivity contribution in [2.75, 3.05) is 18.7 Å². The van der Waals surface area contributed by atoms with Gasteiger partial charge in [0, 0.05) is 25.2 Å². The van der Waals surface area contributed by atoms with E-state index in [-0.39, 0.29) is 18.5 Å². The molecule has 1 aliphatic heterocycles. The van der Waals surface area contributed by atoms with Crippen LogP contribution in [0.4, 0.5) is 8.78 Å². The summed E-state index contributed by atoms with van der Waals surface area (Å²) in [5, 5.41) is 3.08. The third kappa shape index (κ3) is 3.00. The standard InChI is InChI=1S/C12H14F2N2OS/c1-16(12(17)11-6-18-7-15-11)5-8-2-3-9(13)10(14)4-8/h2-4,11,15H,5-7H2,1H3. The summed E-state index contributed by atoms with van der Waals surface area (Å²) in [5.41, 5.74) is 0.579. The normalized spacial score (nSPS) is 18.9. The van der Waals surface area contributed by atoms with E-state index in [1.807, 2.05) is 0 Å². The molecule has 1 aromatic rings. The molecule has 0 bridgehead atoms. The first-order valence-corrected chi connectivity index (χ1v) is 6.73. The van der Waals surface area contributed by atoms with Crippen LogP contribution in [0.1, 0.15) is 5.56 Å². The Morgan fingerprint density at radius 3 is 2.89 bits per heavy atom. The molecule has 1 atom stereocenters. The Balaban J connectivity index is 1.99. The van der Waals surface area contributed by atoms with Crippen LogP contribution in [-0.2, 0) is 11.3 Å². The van der Waals surface area contributed by atoms with Crippen LogP contribution in [0.5, 0.6) is 0 Å². The number of nitrogens with one attached hydrogen (secondary N) is 1. The highest BCUT2D eigenvalue weighted by Gasteiger charge is 2.25. The second kappa shape index (κ2) is 5.67. The third-order valence-corrected chi connectivity index (χ3v) is 3.73. The van der Waals surface area contributed by atoms with Crippen molar-refractivity contribution >= 4 is 17.7 Å². The van der Waals surface area contributed by atoms with Crippen molar-refractivity contribution in [2.24, 2.45) is 0 Å². The number of likely N-dealkylation sites (N-methyl/N-ethyl adjacent to an activating group) is 1. The van der Waals surface area contributed by atoms with Gasteiger partial charge in [0.2, 0.25) is 5.91 Å². The molecule has 98 valence electrons. The fourth-order valence-corrected chi connectivity index (χ4v) is 2.74. The Kier molecular flexibility index (Phi) is 4.19. The molecule has 0 spiro atoms. The van der Waals surface area contributed by atoms with Gasteiger partial charge in [0.25, 0.3) is 0 Å². The smallest absolute Gasteiger partial charge is 0.240 e. The molecule has 1 aromatic carbocycles. The summed E-state index contributed by atoms with van der Waals surface area (Å²) in [7, 11) is 1.66. The lowest BCUT2D eigenvalue weighted by Crippen LogP contribution is -2.42. The number of hydrogen-bond donors (Lipinski definition) is 1. The maximum Gasteiger partial charge on any atom is 0.240 e. The number of amides is 1. The molecule has 1 saturated heterocycles. The fourth-order valence-electron chi connectivity index (χ4n) is 1.81. The van der Waals surface area contributed by atoms with Gasteiger partial charge in [-0.3, -0.25) is 10.1 Å². The van der Waals surface area contributed by atoms with E-state index >= 15 is 0 Å². The first-order chi connectivity index (χ1) is 8.58. The predicted molar refractivity (Wildman–Crippen MR) is 67.1 cm³/mol. The molecular weight excluding hydrogens is 258 g/mol. The van der Waals surface area contributed by atoms with Gasteiger partial charge in [-0.15, -0.1) is 11.8 Å². The van der Waals surface area contributed by atoms with Gasteiger partial charge in [0.1, 0.15) is 0 Å². The van der Waals surface area contributed by atoms with Gasteiger partial charge in [-0.25, -0.2) is 8.78 Å². The predicted octanol–water partition coefficient (Wildman–Crippen LogP) is 1.59. The van der Waals surface area contributed by atoms with Crippen LogP contribution in [-0.4, -0.2) is 35.5 Å². The van der Waals surface area contributed by atoms with Crippen LogP contribution in [0.25, 0.3) is 0 Å². The maximum absolute atomic E-state index is 13.0. The summed E-state index contributed by atoms with van der Waals surface area (Å²) in [4.78, 5) is 13.5. The molecule has 3 nitrogen and oxygen atoms in total. The van der Waals surface area contributed by atoms with Crippen LogP contribution < -0.4 is 5.32 Å². The molecule has 6 heteroatoms. The second-order valence-corrected chi connectivity index (χ2v) is 5.24. The van der Waals surface area contributed by atoms with E-state index in [1.165, 1.54) is 11.0 Å². The zero-order chi connectivity index (χ0) is 13.1. The summed E-state index contributed by atoms with van der Waals surface area (Å²) >= 11 is 1.67. The van der Waals surface area contributed by atoms with E-state index in [1.54, 1.807) is 18.8 Å². The van der Waals surface area contributed by atoms with Gasteiger partial charge in [-0.1, -0.05) is 6.07 Å². The van der Waals surface area contributed by atoms with Gasteiger partial charge >= 0.3 is 0 Å². The minimum atomic E-state index is -0.886. The van der Waals surface area contributed by atoms with E-state index in [2.05, 4.69) is 5.32 Å². The number of carbonyl (C=O) groups excluding carboxylic acids is 1. The van der Waals surface area contributed by atoms with E-state index in [0.717, 1.165) is 23.8 Å². The minimum absolute atomic E-state index is 0.0234. The average molecular weight is 272 g/mol. The molecule has 0 saturated carbocycles. The number of nitrogens with zero attached hydrogens (tertiary/aromatic N) is 1. The SMILES string of the molecule is CN(Cc1ccc(F)c(F)c1)C(=O)C1CSCN1. The van der Waals surface area contributed by atoms with Crippen molar-refractivity contribution in [3.63, 3.8) is 0 Å². The second-order valence-electron chi connectivity index (χ2n) is 4.21. The average Bonchev–Trinajstić information content (AvgIpc) is 2.86. The number of rotatable bonds is 3. The highest BCUT2D eigenvalue weighted by molar-refractivity contribution is 7.99. The molecule has 0 aromatic heterocycles. The molecule has 0 aliphatic carbocycles. The van der Waals surface area contributed by atoms with Crippen LogP contribution >= 0.6 is 11.8 Å². The quantitative estimate of drug-likeness (QED) is 0.907. The van der Waals surface area contributed by atoms with Gasteiger partial charge in [-0.05, 0) is 17.7 Å². The molecule has 18 heavy (non-hydrogen) atoms. The van der Waals surface area contributed by atoms with Crippen LogP contribution in [0.3, 0.4) is 0 Å². The van der Waals surface area contributed by atoms with Crippen molar-refractivity contribution in [2.45, 2.75) is 12.6 Å². The number of thioether (sulfide) groups is 1. The van der Waals surface area contributed by atoms with Crippen LogP contribution in [0.2, 0.25) is 0 Å². The molecule has 1 fully saturated rings. The summed E-state index contributed by atoms with van der Waals surface area (Å²) in [6, 6.07) is 3.51. The van der Waals surface area contributed by atoms with Gasteiger partial charge in [0.05, 0.1) is 6.04 Å². The van der Waals surface area contributed by atoms with Gasteiger partial charge in [-0.2, -0.15) is 0 Å². The van der Waals surface area contributed by atoms with E-state index in [0.29, 0.717) is 5.56 Å². The first kappa shape index (κ1) is 13.3. The van der Waals surface area contributed by atoms with Crippen LogP contribution in [0, 0.1) is 11.6 Å². The summed E-state index contributed by atoms with van der Waals surface area (Å²) in [6.45, 7) is 0.277. The highest BCUT2D eigenvalue weighted by atomic mass is 32.2. The summed E-state index contributed by atoms with van der Waals surface area (Å²) < 4.78 is 25.8. The lowest BCUT2D eigenvalue weighted by Gasteiger charge is -2.20. The fraction of sp³-hybridized carbons (Fsp3) is 0.417. The molecule has 0 radical (unpaired) electrons. The molecule has 1 N–H and O–H groups in total. The van der Waals surface area contributed by atoms with Gasteiger partial charge in [0.15, 0.2) is 11.6 Å². The largest absolute Gasteiger partial charge is 0.340 e. The van der Waals surface area contributed by atoms with Crippen molar-refractivity contribution in [1.29, 1.82) is 0 Å². The molecule has 1 heterocycles. The molecule has 2 rings (SSSR count). The lowest BCUT2D eigenvalue weighted by atomic mass is 10.2. The van der Waals surface area contributed by atoms with Crippen molar-refractivity contribution < 1.29 is 13.6 Å². The highest BCUT2D eigenvalue weighted by Crippen LogP contribution is 2.14. The Morgan fingerprint density at radius 1 is 1.50 bits per heavy atom. The van der Waals surface area contributed by atoms with E-state index in [4.69, 9.17) is 0 Å². The zero-order valence-corrected chi connectivity index (χ0v) is 10.8. The topological polar surface area (TPSA) is 32.3 Å². The van der Waals surface area contributed by atoms with Crippen LogP contribution in [0.15, 0.2) is 18.2 Å². The molecular formula is C12H14F2N2OS. The van der Waals surface area contributed by atoms with E-state index in [9.17, 15) is 13.6 Å². The third-order valence-electron chi connectivity index (χ3n) is 2.79. The zero-order valence-electron chi connectivity index (χ0n) is 9.95. The monoisotopic (exact) mass is 272 g/mol. The van der Waals surface area contributed by atoms with E-state index < -0.39 is 11.6 Å². The molecule has 1 unspecified atom stereocenters. The first-order valence-electron chi connectivity index (χ1n) is 5.58.